The summed E-state index contributed by atoms with van der Waals surface area (Å²) in [6.45, 7) is 10.7. The molecule has 1 N–H and O–H groups in total. The first-order chi connectivity index (χ1) is 36.3. The van der Waals surface area contributed by atoms with Gasteiger partial charge in [-0.05, 0) is 118 Å². The van der Waals surface area contributed by atoms with Gasteiger partial charge in [-0.3, -0.25) is 0 Å². The molecule has 2 aliphatic heterocycles. The predicted molar refractivity (Wildman–Crippen MR) is 301 cm³/mol. The first-order valence-corrected chi connectivity index (χ1v) is 28.5. The van der Waals surface area contributed by atoms with Crippen molar-refractivity contribution in [1.29, 1.82) is 5.26 Å². The van der Waals surface area contributed by atoms with Crippen molar-refractivity contribution in [1.82, 2.24) is 0 Å². The maximum atomic E-state index is 11.9. The van der Waals surface area contributed by atoms with E-state index in [1.54, 1.807) is 17.4 Å². The number of hydrogen-bond donors (Lipinski definition) is 1. The average Bonchev–Trinajstić information content (AvgIpc) is 4.16. The van der Waals surface area contributed by atoms with Crippen molar-refractivity contribution in [3.05, 3.63) is 142 Å². The van der Waals surface area contributed by atoms with E-state index in [1.165, 1.54) is 87.6 Å². The predicted octanol–water partition coefficient (Wildman–Crippen LogP) is 17.4. The summed E-state index contributed by atoms with van der Waals surface area (Å²) in [5, 5.41) is 19.4. The van der Waals surface area contributed by atoms with E-state index in [1.807, 2.05) is 0 Å². The maximum Gasteiger partial charge on any atom is 0.346 e. The van der Waals surface area contributed by atoms with Gasteiger partial charge in [0.15, 0.2) is 23.0 Å². The molecule has 2 aromatic heterocycles. The first-order valence-electron chi connectivity index (χ1n) is 26.9. The van der Waals surface area contributed by atoms with Crippen molar-refractivity contribution in [2.45, 2.75) is 116 Å². The molecular weight excluding hydrogens is 957 g/mol. The average molecular weight is 1020 g/mol. The van der Waals surface area contributed by atoms with Crippen LogP contribution in [0, 0.1) is 11.3 Å². The number of rotatable bonds is 19. The molecule has 7 aromatic rings. The number of anilines is 3. The zero-order valence-electron chi connectivity index (χ0n) is 43.0. The van der Waals surface area contributed by atoms with E-state index in [2.05, 4.69) is 142 Å². The van der Waals surface area contributed by atoms with Crippen LogP contribution in [-0.4, -0.2) is 37.5 Å². The molecule has 378 valence electrons. The molecule has 0 spiro atoms. The monoisotopic (exact) mass is 1020 g/mol. The van der Waals surface area contributed by atoms with E-state index in [0.29, 0.717) is 54.3 Å². The van der Waals surface area contributed by atoms with Crippen molar-refractivity contribution < 1.29 is 28.8 Å². The molecular formula is C64H64N2O6S2. The number of carboxylic acids is 1. The van der Waals surface area contributed by atoms with Crippen molar-refractivity contribution in [2.24, 2.45) is 0 Å². The third-order valence-electron chi connectivity index (χ3n) is 15.9. The Morgan fingerprint density at radius 1 is 0.554 bits per heavy atom. The van der Waals surface area contributed by atoms with E-state index < -0.39 is 5.97 Å². The Hall–Kier alpha value is -6.80. The van der Waals surface area contributed by atoms with Gasteiger partial charge in [0.1, 0.15) is 38.1 Å². The molecule has 4 heterocycles. The van der Waals surface area contributed by atoms with Crippen LogP contribution in [0.4, 0.5) is 17.1 Å². The highest BCUT2D eigenvalue weighted by Crippen LogP contribution is 2.61. The number of benzene rings is 5. The number of unbranched alkanes of at least 4 members (excludes halogenated alkanes) is 4. The molecule has 0 saturated heterocycles. The Bertz CT molecular complexity index is 3180. The Labute approximate surface area is 443 Å². The molecule has 0 unspecified atom stereocenters. The molecule has 5 aromatic carbocycles. The molecule has 10 heteroatoms. The van der Waals surface area contributed by atoms with Crippen molar-refractivity contribution in [3.8, 4) is 71.5 Å². The van der Waals surface area contributed by atoms with Crippen LogP contribution in [-0.2, 0) is 15.6 Å². The molecule has 74 heavy (non-hydrogen) atoms. The van der Waals surface area contributed by atoms with E-state index in [-0.39, 0.29) is 16.4 Å². The SMILES string of the molecule is CCCCC1(CCCC)c2ccccc2-c2ccc(N(c3ccc(-c4sc(-c5sc(/C=C(\C#N)C(=O)O)c6c5OCCO6)c5c4OCCO5)cc3)c3ccc4c(c3)C(CCCC)(CCCC)c3ccccc3-4)cc21. The minimum atomic E-state index is -1.30. The Morgan fingerprint density at radius 3 is 1.45 bits per heavy atom. The Kier molecular flexibility index (Phi) is 13.9. The third kappa shape index (κ3) is 8.37. The number of ether oxygens (including phenoxy) is 4. The number of fused-ring (bicyclic) bond motifs is 8. The fraction of sp³-hybridized carbons (Fsp3) is 0.344. The van der Waals surface area contributed by atoms with Crippen LogP contribution in [0.25, 0.3) is 48.5 Å². The van der Waals surface area contributed by atoms with Gasteiger partial charge in [-0.15, -0.1) is 22.7 Å². The summed E-state index contributed by atoms with van der Waals surface area (Å²) in [5.74, 6) is 0.939. The zero-order valence-corrected chi connectivity index (χ0v) is 44.6. The highest BCUT2D eigenvalue weighted by molar-refractivity contribution is 7.25. The Balaban J connectivity index is 1.07. The summed E-state index contributed by atoms with van der Waals surface area (Å²) in [4.78, 5) is 17.4. The van der Waals surface area contributed by atoms with Gasteiger partial charge in [-0.1, -0.05) is 152 Å². The van der Waals surface area contributed by atoms with Crippen LogP contribution in [0.15, 0.2) is 115 Å². The van der Waals surface area contributed by atoms with Crippen molar-refractivity contribution in [3.63, 3.8) is 0 Å². The second-order valence-electron chi connectivity index (χ2n) is 20.3. The number of hydrogen-bond acceptors (Lipinski definition) is 9. The van der Waals surface area contributed by atoms with Crippen LogP contribution in [0.1, 0.15) is 132 Å². The molecule has 0 saturated carbocycles. The van der Waals surface area contributed by atoms with Crippen molar-refractivity contribution in [2.75, 3.05) is 31.3 Å². The quantitative estimate of drug-likeness (QED) is 0.0631. The van der Waals surface area contributed by atoms with Gasteiger partial charge in [0, 0.05) is 27.9 Å². The summed E-state index contributed by atoms with van der Waals surface area (Å²) in [7, 11) is 0. The second kappa shape index (κ2) is 20.8. The van der Waals surface area contributed by atoms with Crippen molar-refractivity contribution >= 4 is 51.8 Å². The van der Waals surface area contributed by atoms with E-state index in [4.69, 9.17) is 18.9 Å². The topological polar surface area (TPSA) is 101 Å². The largest absolute Gasteiger partial charge is 0.485 e. The first kappa shape index (κ1) is 49.4. The van der Waals surface area contributed by atoms with Gasteiger partial charge >= 0.3 is 5.97 Å². The lowest BCUT2D eigenvalue weighted by Gasteiger charge is -2.35. The van der Waals surface area contributed by atoms with E-state index >= 15 is 0 Å². The van der Waals surface area contributed by atoms with Crippen LogP contribution in [0.2, 0.25) is 0 Å². The number of nitrogens with zero attached hydrogens (tertiary/aromatic N) is 2. The van der Waals surface area contributed by atoms with Crippen LogP contribution < -0.4 is 23.8 Å². The molecule has 0 amide bonds. The second-order valence-corrected chi connectivity index (χ2v) is 22.3. The molecule has 0 radical (unpaired) electrons. The fourth-order valence-electron chi connectivity index (χ4n) is 12.4. The van der Waals surface area contributed by atoms with E-state index in [0.717, 1.165) is 88.6 Å². The summed E-state index contributed by atoms with van der Waals surface area (Å²) < 4.78 is 25.2. The zero-order chi connectivity index (χ0) is 51.0. The van der Waals surface area contributed by atoms with Gasteiger partial charge in [0.05, 0.1) is 19.5 Å². The number of carbonyl (C=O) groups is 1. The summed E-state index contributed by atoms with van der Waals surface area (Å²) in [5.41, 5.74) is 15.1. The maximum absolute atomic E-state index is 11.9. The fourth-order valence-corrected chi connectivity index (χ4v) is 14.8. The Morgan fingerprint density at radius 2 is 0.973 bits per heavy atom. The minimum Gasteiger partial charge on any atom is -0.485 e. The normalized spacial score (nSPS) is 15.2. The van der Waals surface area contributed by atoms with Gasteiger partial charge in [-0.2, -0.15) is 5.26 Å². The van der Waals surface area contributed by atoms with Gasteiger partial charge in [0.2, 0.25) is 0 Å². The number of nitriles is 1. The number of thiophene rings is 2. The lowest BCUT2D eigenvalue weighted by Crippen LogP contribution is -2.26. The van der Waals surface area contributed by atoms with E-state index in [9.17, 15) is 15.2 Å². The summed E-state index contributed by atoms with van der Waals surface area (Å²) in [6, 6.07) is 43.7. The number of carboxylic acid groups (broad SMARTS) is 1. The molecule has 8 nitrogen and oxygen atoms in total. The van der Waals surface area contributed by atoms with Gasteiger partial charge < -0.3 is 29.0 Å². The smallest absolute Gasteiger partial charge is 0.346 e. The minimum absolute atomic E-state index is 0.0686. The van der Waals surface area contributed by atoms with Gasteiger partial charge in [-0.25, -0.2) is 4.79 Å². The van der Waals surface area contributed by atoms with Crippen LogP contribution >= 0.6 is 22.7 Å². The highest BCUT2D eigenvalue weighted by atomic mass is 32.1. The van der Waals surface area contributed by atoms with Gasteiger partial charge in [0.25, 0.3) is 0 Å². The summed E-state index contributed by atoms with van der Waals surface area (Å²) in [6.07, 6.45) is 15.1. The van der Waals surface area contributed by atoms with Crippen LogP contribution in [0.5, 0.6) is 23.0 Å². The standard InChI is InChI=1S/C64H64N2O6S2/c1-5-9-29-63(30-10-6-2)50-19-15-13-17-46(50)48-27-25-44(38-52(48)63)66(45-26-28-49-47-18-14-16-20-51(47)64(31-11-7-3,32-12-8-4)53(49)39-45)43-23-21-41(22-24-43)59-57-58(72-36-35-71-57)61(74-59)60-56-55(69-33-34-70-56)54(73-60)37-42(40-65)62(67)68/h13-28,37-39H,5-12,29-36H2,1-4H3,(H,67,68)/b42-37+. The summed E-state index contributed by atoms with van der Waals surface area (Å²) >= 11 is 2.88. The molecule has 0 fully saturated rings. The third-order valence-corrected chi connectivity index (χ3v) is 18.4. The number of aliphatic carboxylic acids is 1. The molecule has 4 aliphatic rings. The lowest BCUT2D eigenvalue weighted by atomic mass is 9.70. The lowest BCUT2D eigenvalue weighted by molar-refractivity contribution is -0.132. The molecule has 2 aliphatic carbocycles. The molecule has 11 rings (SSSR count). The van der Waals surface area contributed by atoms with Crippen LogP contribution in [0.3, 0.4) is 0 Å². The molecule has 0 bridgehead atoms. The molecule has 0 atom stereocenters. The highest BCUT2D eigenvalue weighted by Gasteiger charge is 2.44.